The van der Waals surface area contributed by atoms with Crippen molar-refractivity contribution >= 4 is 28.3 Å². The van der Waals surface area contributed by atoms with Crippen LogP contribution in [-0.4, -0.2) is 33.5 Å². The van der Waals surface area contributed by atoms with E-state index in [4.69, 9.17) is 14.7 Å². The van der Waals surface area contributed by atoms with Gasteiger partial charge in [0.2, 0.25) is 0 Å². The molecule has 2 N–H and O–H groups in total. The number of anilines is 2. The minimum atomic E-state index is -0.970. The largest absolute Gasteiger partial charge is 0.484 e. The van der Waals surface area contributed by atoms with Crippen molar-refractivity contribution in [2.24, 2.45) is 0 Å². The van der Waals surface area contributed by atoms with Gasteiger partial charge in [-0.3, -0.25) is 9.78 Å². The van der Waals surface area contributed by atoms with Gasteiger partial charge in [-0.2, -0.15) is 0 Å². The molecule has 1 amide bonds. The van der Waals surface area contributed by atoms with Crippen LogP contribution in [0.2, 0.25) is 0 Å². The van der Waals surface area contributed by atoms with E-state index in [2.05, 4.69) is 15.6 Å². The zero-order valence-corrected chi connectivity index (χ0v) is 19.9. The molecule has 3 heterocycles. The fourth-order valence-electron chi connectivity index (χ4n) is 4.09. The van der Waals surface area contributed by atoms with E-state index in [9.17, 15) is 13.6 Å². The number of carbonyl (C=O) groups excluding carboxylic acids is 1. The Bertz CT molecular complexity index is 1450. The Morgan fingerprint density at radius 2 is 1.86 bits per heavy atom. The maximum Gasteiger partial charge on any atom is 0.258 e. The van der Waals surface area contributed by atoms with E-state index >= 15 is 0 Å². The van der Waals surface area contributed by atoms with Gasteiger partial charge in [0.15, 0.2) is 24.1 Å². The van der Waals surface area contributed by atoms with Crippen molar-refractivity contribution in [3.05, 3.63) is 71.6 Å². The van der Waals surface area contributed by atoms with Crippen LogP contribution in [0.15, 0.2) is 48.7 Å². The Labute approximate surface area is 207 Å². The second-order valence-corrected chi connectivity index (χ2v) is 8.71. The van der Waals surface area contributed by atoms with Gasteiger partial charge < -0.3 is 15.4 Å². The number of ether oxygens (including phenoxy) is 1. The highest BCUT2D eigenvalue weighted by atomic mass is 19.2. The van der Waals surface area contributed by atoms with Crippen molar-refractivity contribution in [3.63, 3.8) is 0 Å². The summed E-state index contributed by atoms with van der Waals surface area (Å²) in [4.78, 5) is 26.1. The summed E-state index contributed by atoms with van der Waals surface area (Å²) in [5.74, 6) is -0.784. The Hall–Kier alpha value is -4.14. The molecule has 0 saturated carbocycles. The van der Waals surface area contributed by atoms with Crippen LogP contribution in [0.3, 0.4) is 0 Å². The van der Waals surface area contributed by atoms with Crippen molar-refractivity contribution in [3.8, 4) is 17.1 Å². The number of amides is 1. The van der Waals surface area contributed by atoms with Crippen molar-refractivity contribution in [1.82, 2.24) is 20.3 Å². The van der Waals surface area contributed by atoms with Crippen molar-refractivity contribution in [2.45, 2.75) is 39.2 Å². The molecule has 7 nitrogen and oxygen atoms in total. The molecule has 0 spiro atoms. The highest BCUT2D eigenvalue weighted by Gasteiger charge is 2.20. The molecule has 36 heavy (non-hydrogen) atoms. The van der Waals surface area contributed by atoms with Gasteiger partial charge >= 0.3 is 0 Å². The quantitative estimate of drug-likeness (QED) is 0.292. The fourth-order valence-corrected chi connectivity index (χ4v) is 4.09. The van der Waals surface area contributed by atoms with Crippen LogP contribution in [0.25, 0.3) is 22.3 Å². The minimum absolute atomic E-state index is 0.108. The summed E-state index contributed by atoms with van der Waals surface area (Å²) in [7, 11) is 0. The van der Waals surface area contributed by atoms with Crippen molar-refractivity contribution in [2.75, 3.05) is 11.9 Å². The molecule has 1 aliphatic carbocycles. The van der Waals surface area contributed by atoms with E-state index < -0.39 is 11.6 Å². The summed E-state index contributed by atoms with van der Waals surface area (Å²) in [6.45, 7) is 3.91. The molecule has 6 rings (SSSR count). The van der Waals surface area contributed by atoms with E-state index in [1.807, 2.05) is 19.9 Å². The van der Waals surface area contributed by atoms with Gasteiger partial charge in [0.25, 0.3) is 5.91 Å². The van der Waals surface area contributed by atoms with Gasteiger partial charge in [0, 0.05) is 47.1 Å². The molecule has 0 saturated heterocycles. The molecule has 0 radical (unpaired) electrons. The molecule has 184 valence electrons. The zero-order chi connectivity index (χ0) is 25.2. The molecular weight excluding hydrogens is 464 g/mol. The number of pyridine rings is 1. The Morgan fingerprint density at radius 3 is 2.56 bits per heavy atom. The van der Waals surface area contributed by atoms with Crippen LogP contribution in [0.1, 0.15) is 37.9 Å². The highest BCUT2D eigenvalue weighted by Crippen LogP contribution is 2.34. The molecule has 0 unspecified atom stereocenters. The van der Waals surface area contributed by atoms with E-state index in [1.165, 1.54) is 6.07 Å². The monoisotopic (exact) mass is 489 g/mol. The predicted octanol–water partition coefficient (Wildman–Crippen LogP) is 5.30. The second-order valence-electron chi connectivity index (χ2n) is 8.71. The summed E-state index contributed by atoms with van der Waals surface area (Å²) in [6.07, 6.45) is 4.20. The molecule has 2 aliphatic rings. The number of carbonyl (C=O) groups is 1. The molecule has 0 fully saturated rings. The molecular formula is C27H25F2N5O2. The maximum absolute atomic E-state index is 13.9. The number of nitrogens with zero attached hydrogens (tertiary/aromatic N) is 3. The third kappa shape index (κ3) is 4.82. The Balaban J connectivity index is 1.48. The predicted molar refractivity (Wildman–Crippen MR) is 133 cm³/mol. The van der Waals surface area contributed by atoms with Crippen LogP contribution in [-0.2, 0) is 11.2 Å². The van der Waals surface area contributed by atoms with Crippen LogP contribution in [0, 0.1) is 11.6 Å². The normalized spacial score (nSPS) is 11.9. The van der Waals surface area contributed by atoms with Gasteiger partial charge in [-0.25, -0.2) is 18.7 Å². The molecule has 2 bridgehead atoms. The van der Waals surface area contributed by atoms with Gasteiger partial charge in [-0.15, -0.1) is 0 Å². The standard InChI is InChI=1S/C27H25F2N5O2/c1-3-16(4-2)31-25(35)14-36-19-6-8-24-20(12-19)26(32-17-5-7-22(28)23(29)11-17)34-27(33-24)21-13-30-18-9-15(21)10-18/h5-9,11-13,16H,3-4,10,14H2,1-2H3,(H,31,35)(H,32,33,34). The highest BCUT2D eigenvalue weighted by molar-refractivity contribution is 5.93. The Morgan fingerprint density at radius 1 is 1.06 bits per heavy atom. The lowest BCUT2D eigenvalue weighted by molar-refractivity contribution is -0.123. The van der Waals surface area contributed by atoms with E-state index in [1.54, 1.807) is 24.4 Å². The second kappa shape index (κ2) is 9.85. The Kier molecular flexibility index (Phi) is 6.45. The van der Waals surface area contributed by atoms with Crippen LogP contribution < -0.4 is 15.4 Å². The van der Waals surface area contributed by atoms with E-state index in [-0.39, 0.29) is 18.6 Å². The molecule has 0 atom stereocenters. The number of nitrogens with one attached hydrogen (secondary N) is 2. The number of fused-ring (bicyclic) bond motifs is 3. The van der Waals surface area contributed by atoms with Gasteiger partial charge in [-0.1, -0.05) is 13.8 Å². The number of rotatable bonds is 9. The van der Waals surface area contributed by atoms with Gasteiger partial charge in [0.05, 0.1) is 5.52 Å². The minimum Gasteiger partial charge on any atom is -0.484 e. The first-order chi connectivity index (χ1) is 17.4. The fraction of sp³-hybridized carbons (Fsp3) is 0.259. The lowest BCUT2D eigenvalue weighted by Gasteiger charge is -2.18. The lowest BCUT2D eigenvalue weighted by atomic mass is 9.94. The summed E-state index contributed by atoms with van der Waals surface area (Å²) in [5, 5.41) is 6.62. The molecule has 2 aromatic heterocycles. The van der Waals surface area contributed by atoms with Crippen LogP contribution in [0.4, 0.5) is 20.3 Å². The first-order valence-electron chi connectivity index (χ1n) is 11.9. The summed E-state index contributed by atoms with van der Waals surface area (Å²) < 4.78 is 33.1. The number of hydrogen-bond donors (Lipinski definition) is 2. The summed E-state index contributed by atoms with van der Waals surface area (Å²) in [5.41, 5.74) is 3.89. The van der Waals surface area contributed by atoms with E-state index in [0.29, 0.717) is 34.0 Å². The summed E-state index contributed by atoms with van der Waals surface area (Å²) in [6, 6.07) is 10.9. The average molecular weight is 490 g/mol. The SMILES string of the molecule is CCC(CC)NC(=O)COc1ccc2nc(-c3cnc4cc3C4)nc(Nc3ccc(F)c(F)c3)c2c1. The van der Waals surface area contributed by atoms with E-state index in [0.717, 1.165) is 48.2 Å². The zero-order valence-electron chi connectivity index (χ0n) is 19.9. The topological polar surface area (TPSA) is 89.0 Å². The molecule has 2 aromatic carbocycles. The number of hydrogen-bond acceptors (Lipinski definition) is 6. The van der Waals surface area contributed by atoms with Crippen LogP contribution >= 0.6 is 0 Å². The smallest absolute Gasteiger partial charge is 0.258 e. The van der Waals surface area contributed by atoms with Crippen LogP contribution in [0.5, 0.6) is 5.75 Å². The first-order valence-corrected chi connectivity index (χ1v) is 11.9. The van der Waals surface area contributed by atoms with Crippen molar-refractivity contribution in [1.29, 1.82) is 0 Å². The lowest BCUT2D eigenvalue weighted by Crippen LogP contribution is -2.37. The number of halogens is 2. The number of benzene rings is 2. The third-order valence-corrected chi connectivity index (χ3v) is 6.23. The van der Waals surface area contributed by atoms with Gasteiger partial charge in [0.1, 0.15) is 11.6 Å². The summed E-state index contributed by atoms with van der Waals surface area (Å²) >= 11 is 0. The number of aromatic nitrogens is 3. The van der Waals surface area contributed by atoms with Gasteiger partial charge in [-0.05, 0) is 54.8 Å². The van der Waals surface area contributed by atoms with Crippen molar-refractivity contribution < 1.29 is 18.3 Å². The third-order valence-electron chi connectivity index (χ3n) is 6.23. The first kappa shape index (κ1) is 23.6. The maximum atomic E-state index is 13.9. The molecule has 4 aromatic rings. The molecule has 9 heteroatoms. The average Bonchev–Trinajstić information content (AvgIpc) is 2.87. The molecule has 1 aliphatic heterocycles.